The number of aromatic nitrogens is 5. The van der Waals surface area contributed by atoms with Crippen molar-refractivity contribution in [2.24, 2.45) is 0 Å². The minimum absolute atomic E-state index is 0.0676. The molecular formula is C24H19F5N6O. The van der Waals surface area contributed by atoms with Crippen molar-refractivity contribution in [3.63, 3.8) is 0 Å². The second-order valence-electron chi connectivity index (χ2n) is 8.04. The molecule has 7 nitrogen and oxygen atoms in total. The zero-order valence-electron chi connectivity index (χ0n) is 19.0. The van der Waals surface area contributed by atoms with Crippen molar-refractivity contribution >= 4 is 5.91 Å². The molecule has 1 N–H and O–H groups in total. The van der Waals surface area contributed by atoms with Gasteiger partial charge in [-0.25, -0.2) is 4.68 Å². The molecule has 1 amide bonds. The van der Waals surface area contributed by atoms with E-state index in [-0.39, 0.29) is 17.8 Å². The Labute approximate surface area is 202 Å². The van der Waals surface area contributed by atoms with E-state index in [1.54, 1.807) is 31.5 Å². The average Bonchev–Trinajstić information content (AvgIpc) is 3.34. The van der Waals surface area contributed by atoms with Crippen LogP contribution in [0.5, 0.6) is 0 Å². The molecule has 0 unspecified atom stereocenters. The molecule has 1 aromatic carbocycles. The van der Waals surface area contributed by atoms with Crippen LogP contribution in [-0.2, 0) is 12.5 Å². The van der Waals surface area contributed by atoms with Gasteiger partial charge < -0.3 is 5.32 Å². The quantitative estimate of drug-likeness (QED) is 0.378. The minimum atomic E-state index is -5.80. The monoisotopic (exact) mass is 502 g/mol. The molecule has 0 spiro atoms. The number of amides is 1. The normalized spacial score (nSPS) is 12.0. The number of pyridine rings is 1. The van der Waals surface area contributed by atoms with Crippen LogP contribution in [0.2, 0.25) is 0 Å². The molecule has 0 fully saturated rings. The lowest BCUT2D eigenvalue weighted by molar-refractivity contribution is -0.291. The van der Waals surface area contributed by atoms with Crippen LogP contribution in [0.1, 0.15) is 33.0 Å². The van der Waals surface area contributed by atoms with Gasteiger partial charge in [-0.3, -0.25) is 19.7 Å². The summed E-state index contributed by atoms with van der Waals surface area (Å²) in [7, 11) is 0. The Morgan fingerprint density at radius 2 is 1.72 bits per heavy atom. The first-order valence-electron chi connectivity index (χ1n) is 10.6. The summed E-state index contributed by atoms with van der Waals surface area (Å²) in [6.07, 6.45) is -0.160. The zero-order chi connectivity index (χ0) is 26.1. The van der Waals surface area contributed by atoms with E-state index in [9.17, 15) is 26.7 Å². The summed E-state index contributed by atoms with van der Waals surface area (Å²) in [4.78, 5) is 25.5. The van der Waals surface area contributed by atoms with E-state index < -0.39 is 23.7 Å². The van der Waals surface area contributed by atoms with Crippen molar-refractivity contribution < 1.29 is 26.7 Å². The van der Waals surface area contributed by atoms with E-state index in [1.165, 1.54) is 24.4 Å². The van der Waals surface area contributed by atoms with Gasteiger partial charge in [0.25, 0.3) is 5.91 Å². The van der Waals surface area contributed by atoms with Crippen molar-refractivity contribution in [1.82, 2.24) is 30.0 Å². The Hall–Kier alpha value is -4.22. The Morgan fingerprint density at radius 1 is 0.944 bits per heavy atom. The summed E-state index contributed by atoms with van der Waals surface area (Å²) >= 11 is 0. The second-order valence-corrected chi connectivity index (χ2v) is 8.04. The Bertz CT molecular complexity index is 1380. The fourth-order valence-electron chi connectivity index (χ4n) is 3.22. The maximum absolute atomic E-state index is 13.8. The first kappa shape index (κ1) is 24.9. The predicted octanol–water partition coefficient (Wildman–Crippen LogP) is 4.93. The topological polar surface area (TPSA) is 85.6 Å². The lowest BCUT2D eigenvalue weighted by atomic mass is 10.0. The Kier molecular flexibility index (Phi) is 6.53. The van der Waals surface area contributed by atoms with Crippen molar-refractivity contribution in [3.8, 4) is 16.9 Å². The van der Waals surface area contributed by atoms with Crippen LogP contribution in [0.4, 0.5) is 22.0 Å². The van der Waals surface area contributed by atoms with Crippen molar-refractivity contribution in [3.05, 3.63) is 89.4 Å². The van der Waals surface area contributed by atoms with Gasteiger partial charge in [-0.1, -0.05) is 6.07 Å². The predicted molar refractivity (Wildman–Crippen MR) is 119 cm³/mol. The molecule has 12 heteroatoms. The summed E-state index contributed by atoms with van der Waals surface area (Å²) in [5.41, 5.74) is 1.76. The molecular weight excluding hydrogens is 483 g/mol. The number of nitrogens with one attached hydrogen (secondary N) is 1. The molecule has 3 aromatic heterocycles. The van der Waals surface area contributed by atoms with E-state index in [2.05, 4.69) is 25.4 Å². The van der Waals surface area contributed by atoms with E-state index >= 15 is 0 Å². The smallest absolute Gasteiger partial charge is 0.346 e. The van der Waals surface area contributed by atoms with Crippen molar-refractivity contribution in [1.29, 1.82) is 0 Å². The third kappa shape index (κ3) is 5.21. The Morgan fingerprint density at radius 3 is 2.36 bits per heavy atom. The zero-order valence-corrected chi connectivity index (χ0v) is 19.0. The van der Waals surface area contributed by atoms with Crippen LogP contribution in [0.15, 0.2) is 61.2 Å². The van der Waals surface area contributed by atoms with E-state index in [0.29, 0.717) is 28.7 Å². The van der Waals surface area contributed by atoms with Gasteiger partial charge in [0, 0.05) is 29.7 Å². The largest absolute Gasteiger partial charge is 0.459 e. The van der Waals surface area contributed by atoms with Crippen molar-refractivity contribution in [2.45, 2.75) is 32.5 Å². The number of benzene rings is 1. The standard InChI is InChI=1S/C24H19F5N6O/c1-14-3-4-20(32-10-14)16-7-17(22(36)33-13-18-12-30-15(2)11-31-18)9-19(8-16)35-6-5-21(34-35)23(25,26)24(27,28)29/h3-12H,13H2,1-2H3,(H,33,36). The van der Waals surface area contributed by atoms with Gasteiger partial charge in [-0.2, -0.15) is 27.1 Å². The summed E-state index contributed by atoms with van der Waals surface area (Å²) in [6, 6.07) is 8.43. The van der Waals surface area contributed by atoms with E-state index in [0.717, 1.165) is 16.4 Å². The molecule has 0 aliphatic rings. The highest BCUT2D eigenvalue weighted by Gasteiger charge is 2.60. The molecule has 186 valence electrons. The summed E-state index contributed by atoms with van der Waals surface area (Å²) in [6.45, 7) is 3.68. The molecule has 4 rings (SSSR count). The van der Waals surface area contributed by atoms with Gasteiger partial charge in [0.05, 0.1) is 35.5 Å². The molecule has 0 bridgehead atoms. The Balaban J connectivity index is 1.71. The van der Waals surface area contributed by atoms with Crippen LogP contribution < -0.4 is 5.32 Å². The molecule has 3 heterocycles. The number of alkyl halides is 5. The highest BCUT2D eigenvalue weighted by molar-refractivity contribution is 5.96. The molecule has 0 aliphatic carbocycles. The van der Waals surface area contributed by atoms with Crippen LogP contribution in [0.3, 0.4) is 0 Å². The first-order valence-corrected chi connectivity index (χ1v) is 10.6. The van der Waals surface area contributed by atoms with Crippen molar-refractivity contribution in [2.75, 3.05) is 0 Å². The average molecular weight is 502 g/mol. The number of hydrogen-bond acceptors (Lipinski definition) is 5. The fraction of sp³-hybridized carbons (Fsp3) is 0.208. The SMILES string of the molecule is Cc1ccc(-c2cc(C(=O)NCc3cnc(C)cn3)cc(-n3ccc(C(F)(F)C(F)(F)F)n3)c2)nc1. The van der Waals surface area contributed by atoms with Gasteiger partial charge in [0.15, 0.2) is 0 Å². The maximum Gasteiger partial charge on any atom is 0.459 e. The van der Waals surface area contributed by atoms with Crippen LogP contribution >= 0.6 is 0 Å². The van der Waals surface area contributed by atoms with Crippen LogP contribution in [-0.4, -0.2) is 36.8 Å². The number of hydrogen-bond donors (Lipinski definition) is 1. The number of carbonyl (C=O) groups excluding carboxylic acids is 1. The molecule has 4 aromatic rings. The summed E-state index contributed by atoms with van der Waals surface area (Å²) < 4.78 is 66.8. The van der Waals surface area contributed by atoms with E-state index in [1.807, 2.05) is 6.92 Å². The van der Waals surface area contributed by atoms with Gasteiger partial charge in [-0.05, 0) is 49.7 Å². The number of carbonyl (C=O) groups is 1. The number of halogens is 5. The fourth-order valence-corrected chi connectivity index (χ4v) is 3.22. The number of rotatable bonds is 6. The van der Waals surface area contributed by atoms with Crippen LogP contribution in [0.25, 0.3) is 16.9 Å². The number of aryl methyl sites for hydroxylation is 2. The van der Waals surface area contributed by atoms with Gasteiger partial charge in [0.1, 0.15) is 5.69 Å². The summed E-state index contributed by atoms with van der Waals surface area (Å²) in [5.74, 6) is -5.66. The molecule has 36 heavy (non-hydrogen) atoms. The lowest BCUT2D eigenvalue weighted by Gasteiger charge is -2.17. The molecule has 0 radical (unpaired) electrons. The van der Waals surface area contributed by atoms with Gasteiger partial charge in [-0.15, -0.1) is 0 Å². The highest BCUT2D eigenvalue weighted by Crippen LogP contribution is 2.43. The summed E-state index contributed by atoms with van der Waals surface area (Å²) in [5, 5.41) is 6.14. The first-order chi connectivity index (χ1) is 16.9. The maximum atomic E-state index is 13.8. The number of nitrogens with zero attached hydrogens (tertiary/aromatic N) is 5. The van der Waals surface area contributed by atoms with Gasteiger partial charge in [0.2, 0.25) is 0 Å². The van der Waals surface area contributed by atoms with Crippen LogP contribution in [0, 0.1) is 13.8 Å². The molecule has 0 saturated carbocycles. The lowest BCUT2D eigenvalue weighted by Crippen LogP contribution is -2.34. The molecule has 0 atom stereocenters. The third-order valence-corrected chi connectivity index (χ3v) is 5.18. The highest BCUT2D eigenvalue weighted by atomic mass is 19.4. The molecule has 0 saturated heterocycles. The minimum Gasteiger partial charge on any atom is -0.346 e. The van der Waals surface area contributed by atoms with Gasteiger partial charge >= 0.3 is 12.1 Å². The van der Waals surface area contributed by atoms with E-state index in [4.69, 9.17) is 0 Å². The third-order valence-electron chi connectivity index (χ3n) is 5.18. The molecule has 0 aliphatic heterocycles. The second kappa shape index (κ2) is 9.44.